The highest BCUT2D eigenvalue weighted by Gasteiger charge is 2.72. The molecule has 1 heterocycles. The van der Waals surface area contributed by atoms with E-state index >= 15 is 0 Å². The van der Waals surface area contributed by atoms with E-state index in [1.807, 2.05) is 14.2 Å². The van der Waals surface area contributed by atoms with Crippen molar-refractivity contribution in [3.63, 3.8) is 0 Å². The van der Waals surface area contributed by atoms with Gasteiger partial charge in [-0.3, -0.25) is 0 Å². The van der Waals surface area contributed by atoms with Crippen molar-refractivity contribution in [2.75, 3.05) is 14.2 Å². The maximum absolute atomic E-state index is 6.89. The molecule has 0 saturated carbocycles. The lowest BCUT2D eigenvalue weighted by molar-refractivity contribution is 0.160. The Balaban J connectivity index is 1.93. The molecular formula is C31H32O2Si. The molecule has 1 fully saturated rings. The zero-order chi connectivity index (χ0) is 23.5. The monoisotopic (exact) mass is 464 g/mol. The van der Waals surface area contributed by atoms with Crippen molar-refractivity contribution in [1.82, 2.24) is 0 Å². The summed E-state index contributed by atoms with van der Waals surface area (Å²) in [6.45, 7) is 0. The van der Waals surface area contributed by atoms with Gasteiger partial charge >= 0.3 is 8.56 Å². The summed E-state index contributed by atoms with van der Waals surface area (Å²) in [6, 6.07) is 43.6. The molecule has 0 amide bonds. The molecule has 0 aliphatic carbocycles. The van der Waals surface area contributed by atoms with Gasteiger partial charge in [-0.25, -0.2) is 0 Å². The predicted octanol–water partition coefficient (Wildman–Crippen LogP) is 6.96. The molecule has 0 unspecified atom stereocenters. The van der Waals surface area contributed by atoms with Crippen molar-refractivity contribution in [1.29, 1.82) is 0 Å². The number of rotatable bonds is 6. The summed E-state index contributed by atoms with van der Waals surface area (Å²) in [5, 5.41) is -0.772. The van der Waals surface area contributed by atoms with Crippen LogP contribution in [-0.2, 0) is 18.9 Å². The van der Waals surface area contributed by atoms with Crippen molar-refractivity contribution in [2.24, 2.45) is 0 Å². The van der Waals surface area contributed by atoms with E-state index in [0.717, 1.165) is 19.3 Å². The Bertz CT molecular complexity index is 1020. The number of hydrogen-bond donors (Lipinski definition) is 0. The Morgan fingerprint density at radius 3 is 0.971 bits per heavy atom. The first kappa shape index (κ1) is 22.8. The van der Waals surface area contributed by atoms with E-state index in [1.54, 1.807) is 0 Å². The van der Waals surface area contributed by atoms with Gasteiger partial charge in [-0.15, -0.1) is 0 Å². The van der Waals surface area contributed by atoms with Gasteiger partial charge in [-0.2, -0.15) is 0 Å². The van der Waals surface area contributed by atoms with Gasteiger partial charge in [0.1, 0.15) is 0 Å². The SMILES string of the molecule is CO[Si]1(OC)C(c2ccccc2)(c2ccccc2)CCCC1(c1ccccc1)c1ccccc1. The van der Waals surface area contributed by atoms with E-state index < -0.39 is 8.56 Å². The average molecular weight is 465 g/mol. The molecule has 3 heteroatoms. The van der Waals surface area contributed by atoms with Crippen molar-refractivity contribution in [3.05, 3.63) is 144 Å². The van der Waals surface area contributed by atoms with Crippen LogP contribution in [0.3, 0.4) is 0 Å². The van der Waals surface area contributed by atoms with Crippen molar-refractivity contribution >= 4 is 8.56 Å². The van der Waals surface area contributed by atoms with E-state index in [1.165, 1.54) is 22.3 Å². The minimum absolute atomic E-state index is 0.386. The van der Waals surface area contributed by atoms with Gasteiger partial charge in [0, 0.05) is 14.2 Å². The molecule has 172 valence electrons. The van der Waals surface area contributed by atoms with Crippen LogP contribution < -0.4 is 0 Å². The van der Waals surface area contributed by atoms with Gasteiger partial charge in [-0.1, -0.05) is 128 Å². The molecule has 0 atom stereocenters. The molecule has 5 rings (SSSR count). The first-order valence-electron chi connectivity index (χ1n) is 12.1. The highest BCUT2D eigenvalue weighted by atomic mass is 28.4. The molecule has 1 aliphatic rings. The molecule has 0 spiro atoms. The van der Waals surface area contributed by atoms with Gasteiger partial charge in [0.2, 0.25) is 0 Å². The van der Waals surface area contributed by atoms with E-state index in [-0.39, 0.29) is 10.1 Å². The highest BCUT2D eigenvalue weighted by Crippen LogP contribution is 2.60. The average Bonchev–Trinajstić information content (AvgIpc) is 2.94. The van der Waals surface area contributed by atoms with Crippen LogP contribution in [0.5, 0.6) is 0 Å². The zero-order valence-electron chi connectivity index (χ0n) is 20.0. The highest BCUT2D eigenvalue weighted by molar-refractivity contribution is 6.75. The maximum Gasteiger partial charge on any atom is 0.368 e. The van der Waals surface area contributed by atoms with Gasteiger partial charge in [-0.05, 0) is 35.1 Å². The van der Waals surface area contributed by atoms with E-state index in [0.29, 0.717) is 0 Å². The summed E-state index contributed by atoms with van der Waals surface area (Å²) in [7, 11) is 0.601. The Morgan fingerprint density at radius 2 is 0.735 bits per heavy atom. The second-order valence-electron chi connectivity index (χ2n) is 9.15. The van der Waals surface area contributed by atoms with Crippen LogP contribution in [0.4, 0.5) is 0 Å². The summed E-state index contributed by atoms with van der Waals surface area (Å²) in [5.74, 6) is 0. The topological polar surface area (TPSA) is 18.5 Å². The third kappa shape index (κ3) is 3.15. The minimum atomic E-state index is -3.15. The fourth-order valence-corrected chi connectivity index (χ4v) is 12.1. The summed E-state index contributed by atoms with van der Waals surface area (Å²) in [6.07, 6.45) is 3.03. The standard InChI is InChI=1S/C31H32O2Si/c1-32-34(33-2)30(26-16-7-3-8-17-26,27-18-9-4-10-19-27)24-15-25-31(34,28-20-11-5-12-21-28)29-22-13-6-14-23-29/h3-14,16-23H,15,24-25H2,1-2H3. The van der Waals surface area contributed by atoms with Crippen molar-refractivity contribution in [3.8, 4) is 0 Å². The molecule has 0 bridgehead atoms. The molecule has 1 saturated heterocycles. The van der Waals surface area contributed by atoms with E-state index in [9.17, 15) is 0 Å². The van der Waals surface area contributed by atoms with Gasteiger partial charge in [0.15, 0.2) is 0 Å². The molecule has 1 aliphatic heterocycles. The van der Waals surface area contributed by atoms with Gasteiger partial charge in [0.05, 0.1) is 10.1 Å². The van der Waals surface area contributed by atoms with Crippen LogP contribution in [-0.4, -0.2) is 22.8 Å². The van der Waals surface area contributed by atoms with Crippen LogP contribution >= 0.6 is 0 Å². The van der Waals surface area contributed by atoms with E-state index in [4.69, 9.17) is 8.85 Å². The van der Waals surface area contributed by atoms with Crippen molar-refractivity contribution < 1.29 is 8.85 Å². The van der Waals surface area contributed by atoms with Crippen LogP contribution in [0.1, 0.15) is 41.5 Å². The zero-order valence-corrected chi connectivity index (χ0v) is 21.0. The normalized spacial score (nSPS) is 18.3. The molecule has 0 N–H and O–H groups in total. The van der Waals surface area contributed by atoms with Crippen LogP contribution in [0.25, 0.3) is 0 Å². The second-order valence-corrected chi connectivity index (χ2v) is 12.9. The second kappa shape index (κ2) is 9.34. The Kier molecular flexibility index (Phi) is 6.26. The van der Waals surface area contributed by atoms with Gasteiger partial charge in [0.25, 0.3) is 0 Å². The van der Waals surface area contributed by atoms with Crippen LogP contribution in [0, 0.1) is 0 Å². The van der Waals surface area contributed by atoms with Crippen LogP contribution in [0.15, 0.2) is 121 Å². The summed E-state index contributed by atoms with van der Waals surface area (Å²) >= 11 is 0. The quantitative estimate of drug-likeness (QED) is 0.287. The summed E-state index contributed by atoms with van der Waals surface area (Å²) < 4.78 is 13.8. The summed E-state index contributed by atoms with van der Waals surface area (Å²) in [4.78, 5) is 0. The lowest BCUT2D eigenvalue weighted by Crippen LogP contribution is -2.74. The summed E-state index contributed by atoms with van der Waals surface area (Å²) in [5.41, 5.74) is 5.08. The third-order valence-electron chi connectivity index (χ3n) is 7.87. The smallest absolute Gasteiger partial charge is 0.368 e. The molecule has 2 nitrogen and oxygen atoms in total. The first-order valence-corrected chi connectivity index (χ1v) is 13.9. The minimum Gasteiger partial charge on any atom is -0.396 e. The first-order chi connectivity index (χ1) is 16.7. The third-order valence-corrected chi connectivity index (χ3v) is 12.9. The molecule has 4 aromatic carbocycles. The lowest BCUT2D eigenvalue weighted by Gasteiger charge is -2.59. The Morgan fingerprint density at radius 1 is 0.471 bits per heavy atom. The number of benzene rings is 4. The Hall–Kier alpha value is -2.98. The maximum atomic E-state index is 6.89. The Labute approximate surface area is 204 Å². The fourth-order valence-electron chi connectivity index (χ4n) is 6.65. The van der Waals surface area contributed by atoms with Crippen LogP contribution in [0.2, 0.25) is 0 Å². The molecule has 0 radical (unpaired) electrons. The lowest BCUT2D eigenvalue weighted by atomic mass is 9.79. The van der Waals surface area contributed by atoms with E-state index in [2.05, 4.69) is 121 Å². The number of hydrogen-bond acceptors (Lipinski definition) is 2. The largest absolute Gasteiger partial charge is 0.396 e. The fraction of sp³-hybridized carbons (Fsp3) is 0.226. The molecule has 34 heavy (non-hydrogen) atoms. The molecular weight excluding hydrogens is 432 g/mol. The predicted molar refractivity (Wildman–Crippen MR) is 141 cm³/mol. The molecule has 0 aromatic heterocycles. The molecule has 4 aromatic rings. The van der Waals surface area contributed by atoms with Crippen molar-refractivity contribution in [2.45, 2.75) is 29.3 Å². The van der Waals surface area contributed by atoms with Gasteiger partial charge < -0.3 is 8.85 Å².